The minimum atomic E-state index is -3.93. The fourth-order valence-electron chi connectivity index (χ4n) is 3.00. The number of aromatic nitrogens is 2. The van der Waals surface area contributed by atoms with Gasteiger partial charge in [0.15, 0.2) is 12.3 Å². The maximum absolute atomic E-state index is 12.7. The number of amides is 1. The van der Waals surface area contributed by atoms with Crippen LogP contribution in [-0.4, -0.2) is 36.7 Å². The summed E-state index contributed by atoms with van der Waals surface area (Å²) >= 11 is 0. The fraction of sp³-hybridized carbons (Fsp3) is 0.238. The first-order valence-electron chi connectivity index (χ1n) is 9.66. The lowest BCUT2D eigenvalue weighted by Gasteiger charge is -2.12. The summed E-state index contributed by atoms with van der Waals surface area (Å²) in [5.41, 5.74) is -0.227. The van der Waals surface area contributed by atoms with Crippen molar-refractivity contribution in [2.75, 3.05) is 11.9 Å². The molecule has 32 heavy (non-hydrogen) atoms. The van der Waals surface area contributed by atoms with Gasteiger partial charge in [-0.2, -0.15) is 5.10 Å². The molecular formula is C21H22N4O6S. The van der Waals surface area contributed by atoms with Crippen molar-refractivity contribution < 1.29 is 22.7 Å². The summed E-state index contributed by atoms with van der Waals surface area (Å²) in [6.07, 6.45) is 0. The molecule has 0 bridgehead atoms. The molecule has 0 aliphatic carbocycles. The molecule has 3 N–H and O–H groups in total. The second-order valence-electron chi connectivity index (χ2n) is 7.47. The first-order valence-corrected chi connectivity index (χ1v) is 11.2. The number of fused-ring (bicyclic) bond motifs is 1. The van der Waals surface area contributed by atoms with E-state index < -0.39 is 28.5 Å². The van der Waals surface area contributed by atoms with E-state index in [1.165, 1.54) is 28.9 Å². The molecule has 11 heteroatoms. The van der Waals surface area contributed by atoms with Gasteiger partial charge in [0, 0.05) is 17.6 Å². The molecular weight excluding hydrogens is 436 g/mol. The van der Waals surface area contributed by atoms with E-state index in [2.05, 4.69) is 10.4 Å². The van der Waals surface area contributed by atoms with Gasteiger partial charge in [-0.15, -0.1) is 0 Å². The van der Waals surface area contributed by atoms with E-state index >= 15 is 0 Å². The Hall–Kier alpha value is -3.57. The van der Waals surface area contributed by atoms with Crippen LogP contribution in [0.4, 0.5) is 5.69 Å². The maximum Gasteiger partial charge on any atom is 0.359 e. The van der Waals surface area contributed by atoms with Crippen LogP contribution in [0.1, 0.15) is 24.3 Å². The van der Waals surface area contributed by atoms with E-state index in [0.717, 1.165) is 0 Å². The molecule has 0 saturated carbocycles. The van der Waals surface area contributed by atoms with Crippen LogP contribution in [0.2, 0.25) is 0 Å². The number of nitrogens with zero attached hydrogens (tertiary/aromatic N) is 2. The van der Waals surface area contributed by atoms with E-state index in [1.807, 2.05) is 13.8 Å². The third-order valence-corrected chi connectivity index (χ3v) is 5.29. The Morgan fingerprint density at radius 1 is 1.12 bits per heavy atom. The van der Waals surface area contributed by atoms with Crippen LogP contribution in [0.3, 0.4) is 0 Å². The fourth-order valence-corrected chi connectivity index (χ4v) is 3.56. The monoisotopic (exact) mass is 458 g/mol. The van der Waals surface area contributed by atoms with E-state index in [4.69, 9.17) is 9.88 Å². The Bertz CT molecular complexity index is 1350. The van der Waals surface area contributed by atoms with Gasteiger partial charge in [0.1, 0.15) is 0 Å². The van der Waals surface area contributed by atoms with Crippen LogP contribution in [0.15, 0.2) is 58.2 Å². The van der Waals surface area contributed by atoms with Gasteiger partial charge in [0.25, 0.3) is 11.5 Å². The van der Waals surface area contributed by atoms with Gasteiger partial charge >= 0.3 is 5.97 Å². The molecule has 1 heterocycles. The molecule has 3 rings (SSSR count). The number of hydrogen-bond donors (Lipinski definition) is 2. The number of carbonyl (C=O) groups is 2. The number of anilines is 1. The highest BCUT2D eigenvalue weighted by atomic mass is 32.2. The normalized spacial score (nSPS) is 11.5. The molecule has 0 saturated heterocycles. The van der Waals surface area contributed by atoms with E-state index in [-0.39, 0.29) is 27.8 Å². The van der Waals surface area contributed by atoms with Gasteiger partial charge in [-0.1, -0.05) is 38.1 Å². The molecule has 2 aromatic carbocycles. The van der Waals surface area contributed by atoms with E-state index in [9.17, 15) is 22.8 Å². The number of benzene rings is 2. The van der Waals surface area contributed by atoms with Gasteiger partial charge < -0.3 is 10.1 Å². The molecule has 0 aliphatic rings. The van der Waals surface area contributed by atoms with Crippen molar-refractivity contribution >= 4 is 38.4 Å². The van der Waals surface area contributed by atoms with Gasteiger partial charge in [0.05, 0.1) is 10.3 Å². The topological polar surface area (TPSA) is 150 Å². The first-order chi connectivity index (χ1) is 15.1. The highest BCUT2D eigenvalue weighted by Gasteiger charge is 2.19. The number of hydrogen-bond acceptors (Lipinski definition) is 7. The standard InChI is InChI=1S/C21H22N4O6S/c1-13(2)11-25-20(27)17-9-4-3-8-16(17)19(24-25)21(28)31-12-18(26)23-14-6-5-7-15(10-14)32(22,29)30/h3-10,13H,11-12H2,1-2H3,(H,23,26)(H2,22,29,30). The summed E-state index contributed by atoms with van der Waals surface area (Å²) < 4.78 is 29.2. The summed E-state index contributed by atoms with van der Waals surface area (Å²) in [5, 5.41) is 12.3. The summed E-state index contributed by atoms with van der Waals surface area (Å²) in [6, 6.07) is 11.9. The number of sulfonamides is 1. The molecule has 3 aromatic rings. The number of ether oxygens (including phenoxy) is 1. The van der Waals surface area contributed by atoms with E-state index in [1.54, 1.807) is 24.3 Å². The first kappa shape index (κ1) is 23.1. The summed E-state index contributed by atoms with van der Waals surface area (Å²) in [6.45, 7) is 3.50. The van der Waals surface area contributed by atoms with Crippen molar-refractivity contribution in [3.05, 3.63) is 64.6 Å². The van der Waals surface area contributed by atoms with Crippen LogP contribution in [0.5, 0.6) is 0 Å². The molecule has 0 spiro atoms. The average molecular weight is 458 g/mol. The minimum absolute atomic E-state index is 0.0788. The predicted octanol–water partition coefficient (Wildman–Crippen LogP) is 1.50. The van der Waals surface area contributed by atoms with Crippen LogP contribution in [-0.2, 0) is 26.1 Å². The van der Waals surface area contributed by atoms with E-state index in [0.29, 0.717) is 17.3 Å². The zero-order valence-electron chi connectivity index (χ0n) is 17.4. The Kier molecular flexibility index (Phi) is 6.70. The number of rotatable bonds is 7. The van der Waals surface area contributed by atoms with Crippen molar-refractivity contribution in [1.82, 2.24) is 9.78 Å². The lowest BCUT2D eigenvalue weighted by atomic mass is 10.1. The van der Waals surface area contributed by atoms with Crippen LogP contribution in [0.25, 0.3) is 10.8 Å². The summed E-state index contributed by atoms with van der Waals surface area (Å²) in [7, 11) is -3.93. The predicted molar refractivity (Wildman–Crippen MR) is 118 cm³/mol. The van der Waals surface area contributed by atoms with Crippen LogP contribution >= 0.6 is 0 Å². The number of nitrogens with two attached hydrogens (primary N) is 1. The Morgan fingerprint density at radius 3 is 2.47 bits per heavy atom. The lowest BCUT2D eigenvalue weighted by molar-refractivity contribution is -0.119. The number of carbonyl (C=O) groups excluding carboxylic acids is 2. The van der Waals surface area contributed by atoms with Crippen molar-refractivity contribution in [3.8, 4) is 0 Å². The third kappa shape index (κ3) is 5.37. The minimum Gasteiger partial charge on any atom is -0.451 e. The molecule has 0 aliphatic heterocycles. The lowest BCUT2D eigenvalue weighted by Crippen LogP contribution is -2.29. The number of esters is 1. The highest BCUT2D eigenvalue weighted by Crippen LogP contribution is 2.16. The van der Waals surface area contributed by atoms with Gasteiger partial charge in [-0.05, 0) is 30.2 Å². The zero-order valence-corrected chi connectivity index (χ0v) is 18.3. The van der Waals surface area contributed by atoms with Gasteiger partial charge in [-0.3, -0.25) is 9.59 Å². The molecule has 0 fully saturated rings. The zero-order chi connectivity index (χ0) is 23.5. The molecule has 1 amide bonds. The summed E-state index contributed by atoms with van der Waals surface area (Å²) in [4.78, 5) is 37.3. The SMILES string of the molecule is CC(C)Cn1nc(C(=O)OCC(=O)Nc2cccc(S(N)(=O)=O)c2)c2ccccc2c1=O. The molecule has 168 valence electrons. The average Bonchev–Trinajstić information content (AvgIpc) is 2.73. The Labute approximate surface area is 184 Å². The third-order valence-electron chi connectivity index (χ3n) is 4.38. The second kappa shape index (κ2) is 9.28. The highest BCUT2D eigenvalue weighted by molar-refractivity contribution is 7.89. The van der Waals surface area contributed by atoms with Crippen molar-refractivity contribution in [1.29, 1.82) is 0 Å². The smallest absolute Gasteiger partial charge is 0.359 e. The van der Waals surface area contributed by atoms with Crippen LogP contribution < -0.4 is 16.0 Å². The molecule has 0 atom stereocenters. The number of nitrogens with one attached hydrogen (secondary N) is 1. The quantitative estimate of drug-likeness (QED) is 0.509. The molecule has 0 unspecified atom stereocenters. The second-order valence-corrected chi connectivity index (χ2v) is 9.03. The van der Waals surface area contributed by atoms with Crippen molar-refractivity contribution in [2.45, 2.75) is 25.3 Å². The van der Waals surface area contributed by atoms with Gasteiger partial charge in [0.2, 0.25) is 10.0 Å². The summed E-state index contributed by atoms with van der Waals surface area (Å²) in [5.74, 6) is -1.44. The van der Waals surface area contributed by atoms with Crippen molar-refractivity contribution in [3.63, 3.8) is 0 Å². The Morgan fingerprint density at radius 2 is 1.81 bits per heavy atom. The van der Waals surface area contributed by atoms with Gasteiger partial charge in [-0.25, -0.2) is 23.0 Å². The molecule has 10 nitrogen and oxygen atoms in total. The Balaban J connectivity index is 1.78. The maximum atomic E-state index is 12.7. The number of primary sulfonamides is 1. The molecule has 1 aromatic heterocycles. The van der Waals surface area contributed by atoms with Crippen molar-refractivity contribution in [2.24, 2.45) is 11.1 Å². The van der Waals surface area contributed by atoms with Crippen LogP contribution in [0, 0.1) is 5.92 Å². The molecule has 0 radical (unpaired) electrons. The largest absolute Gasteiger partial charge is 0.451 e.